The molecule has 1 heterocycles. The van der Waals surface area contributed by atoms with Gasteiger partial charge >= 0.3 is 0 Å². The van der Waals surface area contributed by atoms with E-state index >= 15 is 0 Å². The van der Waals surface area contributed by atoms with Gasteiger partial charge in [-0.1, -0.05) is 28.1 Å². The lowest BCUT2D eigenvalue weighted by Gasteiger charge is -2.28. The Morgan fingerprint density at radius 3 is 2.58 bits per heavy atom. The average Bonchev–Trinajstić information content (AvgIpc) is 3.18. The fourth-order valence-electron chi connectivity index (χ4n) is 3.31. The van der Waals surface area contributed by atoms with Gasteiger partial charge in [0.2, 0.25) is 0 Å². The van der Waals surface area contributed by atoms with Crippen molar-refractivity contribution in [1.29, 1.82) is 0 Å². The molecule has 6 heteroatoms. The van der Waals surface area contributed by atoms with E-state index in [0.717, 1.165) is 28.9 Å². The van der Waals surface area contributed by atoms with Crippen LogP contribution < -0.4 is 10.1 Å². The van der Waals surface area contributed by atoms with Crippen LogP contribution in [0.3, 0.4) is 0 Å². The molecule has 1 atom stereocenters. The molecular weight excluding hydrogens is 396 g/mol. The van der Waals surface area contributed by atoms with Crippen LogP contribution in [0, 0.1) is 0 Å². The summed E-state index contributed by atoms with van der Waals surface area (Å²) in [6.45, 7) is 2.53. The lowest BCUT2D eigenvalue weighted by Crippen LogP contribution is -2.36. The Balaban J connectivity index is 1.75. The van der Waals surface area contributed by atoms with Gasteiger partial charge in [-0.3, -0.25) is 9.69 Å². The number of hydrogen-bond acceptors (Lipinski definition) is 4. The Labute approximate surface area is 162 Å². The molecule has 138 valence electrons. The first-order valence-corrected chi connectivity index (χ1v) is 9.52. The highest BCUT2D eigenvalue weighted by molar-refractivity contribution is 9.10. The molecular formula is C20H23BrN2O3. The van der Waals surface area contributed by atoms with Crippen molar-refractivity contribution in [3.8, 4) is 11.5 Å². The second kappa shape index (κ2) is 8.56. The summed E-state index contributed by atoms with van der Waals surface area (Å²) in [4.78, 5) is 14.9. The molecule has 2 aromatic rings. The van der Waals surface area contributed by atoms with Gasteiger partial charge in [-0.05, 0) is 61.8 Å². The molecule has 1 aliphatic heterocycles. The molecule has 0 saturated carbocycles. The van der Waals surface area contributed by atoms with Crippen molar-refractivity contribution in [3.05, 3.63) is 58.1 Å². The minimum Gasteiger partial charge on any atom is -0.507 e. The van der Waals surface area contributed by atoms with Crippen LogP contribution in [0.15, 0.2) is 46.9 Å². The van der Waals surface area contributed by atoms with Crippen LogP contribution in [-0.2, 0) is 0 Å². The van der Waals surface area contributed by atoms with Crippen LogP contribution in [0.4, 0.5) is 0 Å². The van der Waals surface area contributed by atoms with E-state index < -0.39 is 0 Å². The highest BCUT2D eigenvalue weighted by atomic mass is 79.9. The van der Waals surface area contributed by atoms with Crippen molar-refractivity contribution in [2.45, 2.75) is 18.9 Å². The fraction of sp³-hybridized carbons (Fsp3) is 0.350. The van der Waals surface area contributed by atoms with E-state index in [9.17, 15) is 9.90 Å². The molecule has 0 bridgehead atoms. The molecule has 2 N–H and O–H groups in total. The van der Waals surface area contributed by atoms with Gasteiger partial charge in [-0.25, -0.2) is 0 Å². The van der Waals surface area contributed by atoms with Crippen LogP contribution >= 0.6 is 15.9 Å². The van der Waals surface area contributed by atoms with Gasteiger partial charge in [0.1, 0.15) is 11.5 Å². The maximum atomic E-state index is 12.5. The second-order valence-corrected chi connectivity index (χ2v) is 7.32. The van der Waals surface area contributed by atoms with Crippen LogP contribution in [0.2, 0.25) is 0 Å². The Hall–Kier alpha value is -2.05. The number of carbonyl (C=O) groups is 1. The number of hydrogen-bond donors (Lipinski definition) is 2. The van der Waals surface area contributed by atoms with Crippen molar-refractivity contribution in [3.63, 3.8) is 0 Å². The van der Waals surface area contributed by atoms with Crippen LogP contribution in [0.25, 0.3) is 0 Å². The van der Waals surface area contributed by atoms with Crippen molar-refractivity contribution in [2.75, 3.05) is 26.7 Å². The largest absolute Gasteiger partial charge is 0.507 e. The van der Waals surface area contributed by atoms with E-state index in [2.05, 4.69) is 26.1 Å². The van der Waals surface area contributed by atoms with Crippen molar-refractivity contribution >= 4 is 21.8 Å². The number of methoxy groups -OCH3 is 1. The number of phenolic OH excluding ortho intramolecular Hbond substituents is 1. The summed E-state index contributed by atoms with van der Waals surface area (Å²) in [5.41, 5.74) is 1.42. The summed E-state index contributed by atoms with van der Waals surface area (Å²) >= 11 is 3.34. The van der Waals surface area contributed by atoms with E-state index in [1.807, 2.05) is 24.3 Å². The van der Waals surface area contributed by atoms with Crippen molar-refractivity contribution < 1.29 is 14.6 Å². The minimum atomic E-state index is -0.276. The number of halogens is 1. The third-order valence-electron chi connectivity index (χ3n) is 4.74. The predicted octanol–water partition coefficient (Wildman–Crippen LogP) is 3.73. The summed E-state index contributed by atoms with van der Waals surface area (Å²) in [6.07, 6.45) is 2.35. The molecule has 1 saturated heterocycles. The number of benzene rings is 2. The number of rotatable bonds is 6. The topological polar surface area (TPSA) is 61.8 Å². The number of ether oxygens (including phenoxy) is 1. The SMILES string of the molecule is COc1ccc([C@H](CNC(=O)c2cc(Br)ccc2O)N2CCCC2)cc1. The molecule has 0 aromatic heterocycles. The highest BCUT2D eigenvalue weighted by Gasteiger charge is 2.24. The lowest BCUT2D eigenvalue weighted by molar-refractivity contribution is 0.0935. The van der Waals surface area contributed by atoms with Gasteiger partial charge < -0.3 is 15.2 Å². The molecule has 1 fully saturated rings. The van der Waals surface area contributed by atoms with E-state index in [0.29, 0.717) is 6.54 Å². The molecule has 1 amide bonds. The fourth-order valence-corrected chi connectivity index (χ4v) is 3.67. The normalized spacial score (nSPS) is 15.6. The summed E-state index contributed by atoms with van der Waals surface area (Å²) < 4.78 is 6.00. The van der Waals surface area contributed by atoms with Gasteiger partial charge in [0.15, 0.2) is 0 Å². The Bertz CT molecular complexity index is 758. The van der Waals surface area contributed by atoms with E-state index in [-0.39, 0.29) is 23.3 Å². The number of phenols is 1. The minimum absolute atomic E-state index is 0.0205. The molecule has 0 unspecified atom stereocenters. The molecule has 1 aliphatic rings. The van der Waals surface area contributed by atoms with E-state index in [1.165, 1.54) is 18.9 Å². The highest BCUT2D eigenvalue weighted by Crippen LogP contribution is 2.27. The van der Waals surface area contributed by atoms with Crippen LogP contribution in [-0.4, -0.2) is 42.7 Å². The number of amides is 1. The van der Waals surface area contributed by atoms with Crippen molar-refractivity contribution in [1.82, 2.24) is 10.2 Å². The summed E-state index contributed by atoms with van der Waals surface area (Å²) in [5, 5.41) is 12.9. The summed E-state index contributed by atoms with van der Waals surface area (Å²) in [6, 6.07) is 12.9. The Kier molecular flexibility index (Phi) is 6.16. The quantitative estimate of drug-likeness (QED) is 0.749. The molecule has 0 radical (unpaired) electrons. The predicted molar refractivity (Wildman–Crippen MR) is 105 cm³/mol. The zero-order valence-electron chi connectivity index (χ0n) is 14.7. The van der Waals surface area contributed by atoms with Gasteiger partial charge in [0.25, 0.3) is 5.91 Å². The zero-order chi connectivity index (χ0) is 18.5. The monoisotopic (exact) mass is 418 g/mol. The number of nitrogens with zero attached hydrogens (tertiary/aromatic N) is 1. The molecule has 0 aliphatic carbocycles. The molecule has 5 nitrogen and oxygen atoms in total. The second-order valence-electron chi connectivity index (χ2n) is 6.40. The first kappa shape index (κ1) is 18.7. The molecule has 26 heavy (non-hydrogen) atoms. The first-order valence-electron chi connectivity index (χ1n) is 8.73. The third-order valence-corrected chi connectivity index (χ3v) is 5.23. The molecule has 2 aromatic carbocycles. The van der Waals surface area contributed by atoms with Crippen molar-refractivity contribution in [2.24, 2.45) is 0 Å². The van der Waals surface area contributed by atoms with E-state index in [1.54, 1.807) is 19.2 Å². The molecule has 0 spiro atoms. The standard InChI is InChI=1S/C20H23BrN2O3/c1-26-16-7-4-14(5-8-16)18(23-10-2-3-11-23)13-22-20(25)17-12-15(21)6-9-19(17)24/h4-9,12,18,24H,2-3,10-11,13H2,1H3,(H,22,25)/t18-/m0/s1. The maximum Gasteiger partial charge on any atom is 0.255 e. The Morgan fingerprint density at radius 2 is 1.92 bits per heavy atom. The average molecular weight is 419 g/mol. The summed E-state index contributed by atoms with van der Waals surface area (Å²) in [5.74, 6) is 0.520. The number of aromatic hydroxyl groups is 1. The van der Waals surface area contributed by atoms with Gasteiger partial charge in [0.05, 0.1) is 18.7 Å². The van der Waals surface area contributed by atoms with Gasteiger partial charge in [-0.2, -0.15) is 0 Å². The number of likely N-dealkylation sites (tertiary alicyclic amines) is 1. The first-order chi connectivity index (χ1) is 12.6. The number of carbonyl (C=O) groups excluding carboxylic acids is 1. The summed E-state index contributed by atoms with van der Waals surface area (Å²) in [7, 11) is 1.65. The number of nitrogens with one attached hydrogen (secondary N) is 1. The molecule has 3 rings (SSSR count). The Morgan fingerprint density at radius 1 is 1.23 bits per heavy atom. The smallest absolute Gasteiger partial charge is 0.255 e. The van der Waals surface area contributed by atoms with Gasteiger partial charge in [0, 0.05) is 11.0 Å². The maximum absolute atomic E-state index is 12.5. The zero-order valence-corrected chi connectivity index (χ0v) is 16.3. The lowest BCUT2D eigenvalue weighted by atomic mass is 10.0. The third kappa shape index (κ3) is 4.37. The van der Waals surface area contributed by atoms with Gasteiger partial charge in [-0.15, -0.1) is 0 Å². The van der Waals surface area contributed by atoms with E-state index in [4.69, 9.17) is 4.74 Å². The van der Waals surface area contributed by atoms with Crippen LogP contribution in [0.1, 0.15) is 34.8 Å². The van der Waals surface area contributed by atoms with Crippen LogP contribution in [0.5, 0.6) is 11.5 Å².